The van der Waals surface area contributed by atoms with Gasteiger partial charge in [0.05, 0.1) is 10.9 Å². The fraction of sp³-hybridized carbons (Fsp3) is 0.286. The molecule has 9 heteroatoms. The van der Waals surface area contributed by atoms with Crippen LogP contribution in [0.1, 0.15) is 25.6 Å². The molecule has 2 aromatic rings. The van der Waals surface area contributed by atoms with Gasteiger partial charge in [0.15, 0.2) is 6.61 Å². The van der Waals surface area contributed by atoms with E-state index in [0.29, 0.717) is 11.7 Å². The van der Waals surface area contributed by atoms with Crippen molar-refractivity contribution in [2.24, 2.45) is 0 Å². The quantitative estimate of drug-likeness (QED) is 0.405. The lowest BCUT2D eigenvalue weighted by molar-refractivity contribution is -0.123. The number of hydrogen-bond acceptors (Lipinski definition) is 5. The SMILES string of the molecule is CC(C)c1nc(OCC(=O)NNC(=S)S)c2cc(Br)ccc2n1. The first-order valence-corrected chi connectivity index (χ1v) is 8.39. The largest absolute Gasteiger partial charge is 0.467 e. The average Bonchev–Trinajstić information content (AvgIpc) is 2.50. The minimum atomic E-state index is -0.394. The molecule has 0 atom stereocenters. The van der Waals surface area contributed by atoms with Gasteiger partial charge >= 0.3 is 0 Å². The maximum atomic E-state index is 11.7. The number of nitrogens with zero attached hydrogens (tertiary/aromatic N) is 2. The number of rotatable bonds is 4. The Hall–Kier alpha value is -1.45. The van der Waals surface area contributed by atoms with Gasteiger partial charge in [0.2, 0.25) is 5.88 Å². The summed E-state index contributed by atoms with van der Waals surface area (Å²) in [5.74, 6) is 0.769. The summed E-state index contributed by atoms with van der Waals surface area (Å²) in [5.41, 5.74) is 5.56. The molecule has 0 unspecified atom stereocenters. The smallest absolute Gasteiger partial charge is 0.276 e. The van der Waals surface area contributed by atoms with Gasteiger partial charge in [-0.3, -0.25) is 15.6 Å². The highest BCUT2D eigenvalue weighted by atomic mass is 79.9. The Bertz CT molecular complexity index is 755. The molecule has 0 aliphatic rings. The topological polar surface area (TPSA) is 76.1 Å². The summed E-state index contributed by atoms with van der Waals surface area (Å²) in [6, 6.07) is 5.63. The van der Waals surface area contributed by atoms with E-state index >= 15 is 0 Å². The first-order chi connectivity index (χ1) is 10.9. The highest BCUT2D eigenvalue weighted by Gasteiger charge is 2.13. The number of thiol groups is 1. The fourth-order valence-electron chi connectivity index (χ4n) is 1.75. The number of halogens is 1. The number of amides is 1. The molecule has 6 nitrogen and oxygen atoms in total. The molecule has 0 saturated heterocycles. The Labute approximate surface area is 152 Å². The lowest BCUT2D eigenvalue weighted by Gasteiger charge is -2.12. The number of ether oxygens (including phenoxy) is 1. The summed E-state index contributed by atoms with van der Waals surface area (Å²) in [6.45, 7) is 3.78. The van der Waals surface area contributed by atoms with E-state index in [9.17, 15) is 4.79 Å². The molecule has 1 heterocycles. The second-order valence-corrected chi connectivity index (χ2v) is 7.04. The number of nitrogens with one attached hydrogen (secondary N) is 2. The zero-order chi connectivity index (χ0) is 17.0. The van der Waals surface area contributed by atoms with Crippen molar-refractivity contribution in [3.05, 3.63) is 28.5 Å². The zero-order valence-electron chi connectivity index (χ0n) is 12.5. The Morgan fingerprint density at radius 2 is 2.13 bits per heavy atom. The van der Waals surface area contributed by atoms with Gasteiger partial charge < -0.3 is 4.74 Å². The molecule has 122 valence electrons. The molecule has 0 saturated carbocycles. The molecule has 1 amide bonds. The maximum absolute atomic E-state index is 11.7. The van der Waals surface area contributed by atoms with Crippen LogP contribution >= 0.6 is 40.8 Å². The normalized spacial score (nSPS) is 10.7. The summed E-state index contributed by atoms with van der Waals surface area (Å²) in [7, 11) is 0. The number of carbonyl (C=O) groups excluding carboxylic acids is 1. The number of hydrogen-bond donors (Lipinski definition) is 3. The fourth-order valence-corrected chi connectivity index (χ4v) is 2.22. The van der Waals surface area contributed by atoms with E-state index in [-0.39, 0.29) is 16.8 Å². The van der Waals surface area contributed by atoms with E-state index in [0.717, 1.165) is 15.4 Å². The van der Waals surface area contributed by atoms with Crippen LogP contribution in [0.3, 0.4) is 0 Å². The van der Waals surface area contributed by atoms with Gasteiger partial charge in [-0.25, -0.2) is 4.98 Å². The predicted molar refractivity (Wildman–Crippen MR) is 99.7 cm³/mol. The summed E-state index contributed by atoms with van der Waals surface area (Å²) >= 11 is 11.9. The molecule has 2 rings (SSSR count). The lowest BCUT2D eigenvalue weighted by Crippen LogP contribution is -2.41. The van der Waals surface area contributed by atoms with Gasteiger partial charge in [0.25, 0.3) is 5.91 Å². The molecule has 23 heavy (non-hydrogen) atoms. The van der Waals surface area contributed by atoms with Crippen LogP contribution in [-0.4, -0.2) is 26.8 Å². The van der Waals surface area contributed by atoms with E-state index < -0.39 is 5.91 Å². The van der Waals surface area contributed by atoms with Crippen molar-refractivity contribution in [2.75, 3.05) is 6.61 Å². The van der Waals surface area contributed by atoms with Crippen LogP contribution in [-0.2, 0) is 4.79 Å². The highest BCUT2D eigenvalue weighted by molar-refractivity contribution is 9.10. The van der Waals surface area contributed by atoms with Crippen LogP contribution in [0.2, 0.25) is 0 Å². The van der Waals surface area contributed by atoms with Gasteiger partial charge in [-0.05, 0) is 18.2 Å². The molecule has 0 bridgehead atoms. The minimum absolute atomic E-state index is 0.141. The number of aromatic nitrogens is 2. The van der Waals surface area contributed by atoms with Crippen molar-refractivity contribution >= 4 is 61.9 Å². The van der Waals surface area contributed by atoms with Crippen molar-refractivity contribution in [3.8, 4) is 5.88 Å². The molecule has 0 radical (unpaired) electrons. The number of fused-ring (bicyclic) bond motifs is 1. The maximum Gasteiger partial charge on any atom is 0.276 e. The molecular formula is C14H15BrN4O2S2. The van der Waals surface area contributed by atoms with Gasteiger partial charge in [-0.15, -0.1) is 12.6 Å². The van der Waals surface area contributed by atoms with Crippen LogP contribution < -0.4 is 15.6 Å². The Morgan fingerprint density at radius 3 is 2.78 bits per heavy atom. The van der Waals surface area contributed by atoms with Crippen molar-refractivity contribution in [1.82, 2.24) is 20.8 Å². The van der Waals surface area contributed by atoms with Gasteiger partial charge in [0, 0.05) is 10.4 Å². The van der Waals surface area contributed by atoms with E-state index in [1.807, 2.05) is 32.0 Å². The van der Waals surface area contributed by atoms with Crippen molar-refractivity contribution in [2.45, 2.75) is 19.8 Å². The van der Waals surface area contributed by atoms with Gasteiger partial charge in [-0.1, -0.05) is 42.0 Å². The summed E-state index contributed by atoms with van der Waals surface area (Å²) in [4.78, 5) is 20.6. The van der Waals surface area contributed by atoms with Crippen molar-refractivity contribution in [3.63, 3.8) is 0 Å². The predicted octanol–water partition coefficient (Wildman–Crippen LogP) is 2.73. The third-order valence-electron chi connectivity index (χ3n) is 2.81. The molecule has 2 N–H and O–H groups in total. The first kappa shape index (κ1) is 17.9. The molecular weight excluding hydrogens is 400 g/mol. The van der Waals surface area contributed by atoms with Crippen LogP contribution in [0.4, 0.5) is 0 Å². The number of hydrazine groups is 1. The summed E-state index contributed by atoms with van der Waals surface area (Å²) in [6.07, 6.45) is 0. The molecule has 0 aliphatic heterocycles. The van der Waals surface area contributed by atoms with Gasteiger partial charge in [-0.2, -0.15) is 4.98 Å². The van der Waals surface area contributed by atoms with E-state index in [2.05, 4.69) is 61.6 Å². The van der Waals surface area contributed by atoms with E-state index in [1.165, 1.54) is 0 Å². The second-order valence-electron chi connectivity index (χ2n) is 4.97. The first-order valence-electron chi connectivity index (χ1n) is 6.74. The zero-order valence-corrected chi connectivity index (χ0v) is 15.8. The lowest BCUT2D eigenvalue weighted by atomic mass is 10.2. The standard InChI is InChI=1S/C14H15BrN4O2S2/c1-7(2)12-16-10-4-3-8(15)5-9(10)13(17-12)21-6-11(20)18-19-14(22)23/h3-5,7H,6H2,1-2H3,(H,18,20)(H2,19,22,23). The van der Waals surface area contributed by atoms with Crippen molar-refractivity contribution in [1.29, 1.82) is 0 Å². The second kappa shape index (κ2) is 7.89. The van der Waals surface area contributed by atoms with E-state index in [1.54, 1.807) is 0 Å². The van der Waals surface area contributed by atoms with Crippen LogP contribution in [0.5, 0.6) is 5.88 Å². The molecule has 0 fully saturated rings. The third-order valence-corrected chi connectivity index (χ3v) is 3.51. The van der Waals surface area contributed by atoms with Crippen LogP contribution in [0, 0.1) is 0 Å². The summed E-state index contributed by atoms with van der Waals surface area (Å²) < 4.78 is 6.61. The molecule has 0 aliphatic carbocycles. The molecule has 1 aromatic carbocycles. The minimum Gasteiger partial charge on any atom is -0.467 e. The van der Waals surface area contributed by atoms with Gasteiger partial charge in [0.1, 0.15) is 10.1 Å². The molecule has 0 spiro atoms. The van der Waals surface area contributed by atoms with E-state index in [4.69, 9.17) is 4.74 Å². The third kappa shape index (κ3) is 5.02. The average molecular weight is 415 g/mol. The van der Waals surface area contributed by atoms with Crippen LogP contribution in [0.15, 0.2) is 22.7 Å². The number of thiocarbonyl (C=S) groups is 1. The number of benzene rings is 1. The Kier molecular flexibility index (Phi) is 6.14. The highest BCUT2D eigenvalue weighted by Crippen LogP contribution is 2.27. The molecule has 1 aromatic heterocycles. The van der Waals surface area contributed by atoms with Crippen LogP contribution in [0.25, 0.3) is 10.9 Å². The number of carbonyl (C=O) groups is 1. The summed E-state index contributed by atoms with van der Waals surface area (Å²) in [5, 5.41) is 0.731. The Balaban J connectivity index is 2.25. The monoisotopic (exact) mass is 414 g/mol. The Morgan fingerprint density at radius 1 is 1.39 bits per heavy atom. The van der Waals surface area contributed by atoms with Crippen molar-refractivity contribution < 1.29 is 9.53 Å².